The summed E-state index contributed by atoms with van der Waals surface area (Å²) >= 11 is 0. The lowest BCUT2D eigenvalue weighted by Gasteiger charge is -2.35. The fraction of sp³-hybridized carbons (Fsp3) is 0.571. The van der Waals surface area contributed by atoms with Crippen LogP contribution in [-0.2, 0) is 9.53 Å². The minimum atomic E-state index is -1.13. The quantitative estimate of drug-likeness (QED) is 0.862. The van der Waals surface area contributed by atoms with Gasteiger partial charge >= 0.3 is 12.1 Å². The van der Waals surface area contributed by atoms with E-state index in [0.717, 1.165) is 0 Å². The van der Waals surface area contributed by atoms with Crippen molar-refractivity contribution in [3.63, 3.8) is 0 Å². The van der Waals surface area contributed by atoms with Gasteiger partial charge in [-0.15, -0.1) is 0 Å². The number of aromatic carboxylic acids is 1. The van der Waals surface area contributed by atoms with Gasteiger partial charge < -0.3 is 19.6 Å². The van der Waals surface area contributed by atoms with Gasteiger partial charge in [0.2, 0.25) is 5.91 Å². The van der Waals surface area contributed by atoms with Crippen LogP contribution >= 0.6 is 0 Å². The Morgan fingerprint density at radius 2 is 1.87 bits per heavy atom. The third kappa shape index (κ3) is 3.79. The predicted octanol–water partition coefficient (Wildman–Crippen LogP) is 0.443. The Balaban J connectivity index is 1.93. The lowest BCUT2D eigenvalue weighted by atomic mass is 10.2. The molecule has 1 atom stereocenters. The van der Waals surface area contributed by atoms with E-state index in [2.05, 4.69) is 5.10 Å². The number of aromatic nitrogens is 2. The van der Waals surface area contributed by atoms with Crippen LogP contribution in [0.2, 0.25) is 0 Å². The lowest BCUT2D eigenvalue weighted by Crippen LogP contribution is -2.52. The molecule has 23 heavy (non-hydrogen) atoms. The summed E-state index contributed by atoms with van der Waals surface area (Å²) < 4.78 is 6.27. The maximum Gasteiger partial charge on any atom is 0.409 e. The first-order valence-electron chi connectivity index (χ1n) is 7.43. The zero-order valence-electron chi connectivity index (χ0n) is 13.1. The van der Waals surface area contributed by atoms with Gasteiger partial charge in [-0.25, -0.2) is 9.59 Å². The van der Waals surface area contributed by atoms with Crippen LogP contribution in [0, 0.1) is 0 Å². The molecule has 0 spiro atoms. The summed E-state index contributed by atoms with van der Waals surface area (Å²) in [5.74, 6) is -1.29. The van der Waals surface area contributed by atoms with Gasteiger partial charge in [-0.3, -0.25) is 9.48 Å². The van der Waals surface area contributed by atoms with Gasteiger partial charge in [0.05, 0.1) is 6.61 Å². The van der Waals surface area contributed by atoms with Crippen LogP contribution in [0.4, 0.5) is 4.79 Å². The SMILES string of the molecule is CCOC(=O)N1CCN(C(=O)C(C)n2ccc(C(=O)O)n2)CC1. The molecule has 9 heteroatoms. The average molecular weight is 324 g/mol. The van der Waals surface area contributed by atoms with Crippen LogP contribution in [0.1, 0.15) is 30.4 Å². The molecule has 1 unspecified atom stereocenters. The van der Waals surface area contributed by atoms with Gasteiger partial charge in [-0.05, 0) is 19.9 Å². The predicted molar refractivity (Wildman–Crippen MR) is 79.1 cm³/mol. The molecule has 1 saturated heterocycles. The number of piperazine rings is 1. The number of rotatable bonds is 4. The van der Waals surface area contributed by atoms with Gasteiger partial charge in [0.25, 0.3) is 0 Å². The van der Waals surface area contributed by atoms with Crippen molar-refractivity contribution in [3.8, 4) is 0 Å². The van der Waals surface area contributed by atoms with Crippen molar-refractivity contribution >= 4 is 18.0 Å². The van der Waals surface area contributed by atoms with Crippen LogP contribution in [0.15, 0.2) is 12.3 Å². The van der Waals surface area contributed by atoms with Crippen molar-refractivity contribution in [2.45, 2.75) is 19.9 Å². The second kappa shape index (κ2) is 7.12. The highest BCUT2D eigenvalue weighted by Crippen LogP contribution is 2.13. The van der Waals surface area contributed by atoms with Crippen molar-refractivity contribution in [1.29, 1.82) is 0 Å². The molecule has 1 fully saturated rings. The van der Waals surface area contributed by atoms with E-state index >= 15 is 0 Å². The molecule has 2 rings (SSSR count). The molecular formula is C14H20N4O5. The summed E-state index contributed by atoms with van der Waals surface area (Å²) in [6.07, 6.45) is 1.10. The van der Waals surface area contributed by atoms with Crippen LogP contribution in [0.3, 0.4) is 0 Å². The Kier molecular flexibility index (Phi) is 5.20. The van der Waals surface area contributed by atoms with Crippen LogP contribution in [0.25, 0.3) is 0 Å². The summed E-state index contributed by atoms with van der Waals surface area (Å²) in [6.45, 7) is 5.38. The van der Waals surface area contributed by atoms with Gasteiger partial charge in [0, 0.05) is 32.4 Å². The molecule has 0 bridgehead atoms. The Morgan fingerprint density at radius 3 is 2.39 bits per heavy atom. The average Bonchev–Trinajstić information content (AvgIpc) is 3.04. The Hall–Kier alpha value is -2.58. The maximum atomic E-state index is 12.5. The first kappa shape index (κ1) is 16.8. The molecule has 0 aromatic carbocycles. The first-order valence-corrected chi connectivity index (χ1v) is 7.43. The van der Waals surface area contributed by atoms with E-state index in [4.69, 9.17) is 9.84 Å². The molecule has 1 aromatic rings. The summed E-state index contributed by atoms with van der Waals surface area (Å²) in [5.41, 5.74) is -0.100. The molecule has 2 heterocycles. The van der Waals surface area contributed by atoms with Crippen molar-refractivity contribution in [3.05, 3.63) is 18.0 Å². The van der Waals surface area contributed by atoms with E-state index in [-0.39, 0.29) is 17.7 Å². The molecule has 0 saturated carbocycles. The van der Waals surface area contributed by atoms with E-state index in [1.165, 1.54) is 16.9 Å². The minimum absolute atomic E-state index is 0.100. The molecule has 0 radical (unpaired) electrons. The molecule has 9 nitrogen and oxygen atoms in total. The Morgan fingerprint density at radius 1 is 1.26 bits per heavy atom. The van der Waals surface area contributed by atoms with Gasteiger partial charge in [-0.1, -0.05) is 0 Å². The van der Waals surface area contributed by atoms with Crippen LogP contribution < -0.4 is 0 Å². The highest BCUT2D eigenvalue weighted by molar-refractivity contribution is 5.85. The molecule has 1 aliphatic heterocycles. The van der Waals surface area contributed by atoms with Crippen molar-refractivity contribution in [2.24, 2.45) is 0 Å². The number of ether oxygens (including phenoxy) is 1. The zero-order valence-corrected chi connectivity index (χ0v) is 13.1. The van der Waals surface area contributed by atoms with Gasteiger partial charge in [-0.2, -0.15) is 5.10 Å². The largest absolute Gasteiger partial charge is 0.476 e. The monoisotopic (exact) mass is 324 g/mol. The number of carboxylic acid groups (broad SMARTS) is 1. The number of carbonyl (C=O) groups is 3. The van der Waals surface area contributed by atoms with E-state index in [1.54, 1.807) is 23.6 Å². The molecule has 126 valence electrons. The number of hydrogen-bond acceptors (Lipinski definition) is 5. The molecule has 1 N–H and O–H groups in total. The Labute approximate surface area is 133 Å². The number of amides is 2. The van der Waals surface area contributed by atoms with Crippen molar-refractivity contribution < 1.29 is 24.2 Å². The lowest BCUT2D eigenvalue weighted by molar-refractivity contribution is -0.136. The van der Waals surface area contributed by atoms with Crippen LogP contribution in [-0.4, -0.2) is 75.4 Å². The molecule has 0 aliphatic carbocycles. The number of carboxylic acids is 1. The molecule has 1 aromatic heterocycles. The first-order chi connectivity index (χ1) is 10.9. The normalized spacial score (nSPS) is 16.1. The Bertz CT molecular complexity index is 592. The van der Waals surface area contributed by atoms with E-state index in [1.807, 2.05) is 0 Å². The highest BCUT2D eigenvalue weighted by atomic mass is 16.6. The minimum Gasteiger partial charge on any atom is -0.476 e. The summed E-state index contributed by atoms with van der Waals surface area (Å²) in [5, 5.41) is 12.7. The summed E-state index contributed by atoms with van der Waals surface area (Å²) in [4.78, 5) is 38.1. The number of hydrogen-bond donors (Lipinski definition) is 1. The third-order valence-electron chi connectivity index (χ3n) is 3.70. The number of carbonyl (C=O) groups excluding carboxylic acids is 2. The van der Waals surface area contributed by atoms with E-state index in [0.29, 0.717) is 32.8 Å². The second-order valence-electron chi connectivity index (χ2n) is 5.17. The second-order valence-corrected chi connectivity index (χ2v) is 5.17. The van der Waals surface area contributed by atoms with E-state index in [9.17, 15) is 14.4 Å². The fourth-order valence-electron chi connectivity index (χ4n) is 2.37. The molecule has 1 aliphatic rings. The molecular weight excluding hydrogens is 304 g/mol. The molecule has 2 amide bonds. The van der Waals surface area contributed by atoms with Crippen molar-refractivity contribution in [2.75, 3.05) is 32.8 Å². The topological polar surface area (TPSA) is 105 Å². The maximum absolute atomic E-state index is 12.5. The smallest absolute Gasteiger partial charge is 0.409 e. The highest BCUT2D eigenvalue weighted by Gasteiger charge is 2.28. The summed E-state index contributed by atoms with van der Waals surface area (Å²) in [7, 11) is 0. The standard InChI is InChI=1S/C14H20N4O5/c1-3-23-14(22)17-8-6-16(7-9-17)12(19)10(2)18-5-4-11(15-18)13(20)21/h4-5,10H,3,6-9H2,1-2H3,(H,20,21). The summed E-state index contributed by atoms with van der Waals surface area (Å²) in [6, 6.07) is 0.752. The third-order valence-corrected chi connectivity index (χ3v) is 3.70. The van der Waals surface area contributed by atoms with Crippen molar-refractivity contribution in [1.82, 2.24) is 19.6 Å². The van der Waals surface area contributed by atoms with Gasteiger partial charge in [0.15, 0.2) is 5.69 Å². The zero-order chi connectivity index (χ0) is 17.0. The van der Waals surface area contributed by atoms with E-state index < -0.39 is 12.0 Å². The fourth-order valence-corrected chi connectivity index (χ4v) is 2.37. The number of nitrogens with zero attached hydrogens (tertiary/aromatic N) is 4. The van der Waals surface area contributed by atoms with Gasteiger partial charge in [0.1, 0.15) is 6.04 Å². The van der Waals surface area contributed by atoms with Crippen LogP contribution in [0.5, 0.6) is 0 Å².